The molecular weight excluding hydrogens is 266 g/mol. The maximum Gasteiger partial charge on any atom is 0.231 e. The lowest BCUT2D eigenvalue weighted by Crippen LogP contribution is -2.14. The average Bonchev–Trinajstić information content (AvgIpc) is 2.96. The van der Waals surface area contributed by atoms with Gasteiger partial charge in [0.15, 0.2) is 11.5 Å². The highest BCUT2D eigenvalue weighted by molar-refractivity contribution is 5.48. The van der Waals surface area contributed by atoms with E-state index in [0.29, 0.717) is 6.04 Å². The van der Waals surface area contributed by atoms with Crippen molar-refractivity contribution in [3.05, 3.63) is 48.0 Å². The van der Waals surface area contributed by atoms with Crippen LogP contribution in [0.5, 0.6) is 23.0 Å². The quantitative estimate of drug-likeness (QED) is 0.905. The van der Waals surface area contributed by atoms with Gasteiger partial charge in [-0.3, -0.25) is 0 Å². The van der Waals surface area contributed by atoms with Crippen molar-refractivity contribution in [2.75, 3.05) is 13.8 Å². The Kier molecular flexibility index (Phi) is 3.97. The van der Waals surface area contributed by atoms with Crippen LogP contribution in [0.2, 0.25) is 0 Å². The molecule has 0 saturated heterocycles. The Bertz CT molecular complexity index is 623. The lowest BCUT2D eigenvalue weighted by Gasteiger charge is -2.15. The van der Waals surface area contributed by atoms with Crippen molar-refractivity contribution in [2.45, 2.75) is 19.4 Å². The minimum atomic E-state index is 0.272. The molecule has 4 nitrogen and oxygen atoms in total. The van der Waals surface area contributed by atoms with E-state index in [0.717, 1.165) is 29.4 Å². The number of rotatable bonds is 5. The van der Waals surface area contributed by atoms with Crippen LogP contribution in [0, 0.1) is 0 Å². The monoisotopic (exact) mass is 285 g/mol. The lowest BCUT2D eigenvalue weighted by atomic mass is 10.0. The van der Waals surface area contributed by atoms with Crippen LogP contribution in [0.25, 0.3) is 0 Å². The summed E-state index contributed by atoms with van der Waals surface area (Å²) in [6.07, 6.45) is 1.03. The van der Waals surface area contributed by atoms with E-state index in [2.05, 4.69) is 24.4 Å². The fraction of sp³-hybridized carbons (Fsp3) is 0.294. The molecule has 2 aromatic rings. The Hall–Kier alpha value is -2.20. The fourth-order valence-corrected chi connectivity index (χ4v) is 2.48. The van der Waals surface area contributed by atoms with E-state index in [1.54, 1.807) is 0 Å². The van der Waals surface area contributed by atoms with Gasteiger partial charge >= 0.3 is 0 Å². The third-order valence-electron chi connectivity index (χ3n) is 3.60. The normalized spacial score (nSPS) is 14.0. The summed E-state index contributed by atoms with van der Waals surface area (Å²) >= 11 is 0. The smallest absolute Gasteiger partial charge is 0.231 e. The van der Waals surface area contributed by atoms with Crippen molar-refractivity contribution in [3.63, 3.8) is 0 Å². The number of hydrogen-bond acceptors (Lipinski definition) is 4. The van der Waals surface area contributed by atoms with Gasteiger partial charge in [0.2, 0.25) is 6.79 Å². The van der Waals surface area contributed by atoms with Crippen LogP contribution in [0.4, 0.5) is 0 Å². The molecule has 0 bridgehead atoms. The molecule has 110 valence electrons. The first kappa shape index (κ1) is 13.8. The van der Waals surface area contributed by atoms with Gasteiger partial charge in [-0.05, 0) is 43.3 Å². The van der Waals surface area contributed by atoms with Gasteiger partial charge in [-0.2, -0.15) is 0 Å². The van der Waals surface area contributed by atoms with Gasteiger partial charge in [0.1, 0.15) is 11.5 Å². The molecule has 1 aliphatic heterocycles. The van der Waals surface area contributed by atoms with Crippen LogP contribution in [0.15, 0.2) is 42.5 Å². The maximum absolute atomic E-state index is 5.92. The van der Waals surface area contributed by atoms with Crippen molar-refractivity contribution in [1.29, 1.82) is 0 Å². The Morgan fingerprint density at radius 1 is 1.10 bits per heavy atom. The molecule has 0 aliphatic carbocycles. The first-order valence-corrected chi connectivity index (χ1v) is 7.15. The van der Waals surface area contributed by atoms with Crippen LogP contribution in [-0.2, 0) is 0 Å². The SMILES string of the molecule is CCC(NC)c1cccc(Oc2ccc3c(c2)OCO3)c1. The molecule has 1 atom stereocenters. The highest BCUT2D eigenvalue weighted by Gasteiger charge is 2.14. The standard InChI is InChI=1S/C17H19NO3/c1-3-15(18-2)12-5-4-6-13(9-12)21-14-7-8-16-17(10-14)20-11-19-16/h4-10,15,18H,3,11H2,1-2H3. The molecule has 0 aromatic heterocycles. The Balaban J connectivity index is 1.80. The van der Waals surface area contributed by atoms with E-state index in [4.69, 9.17) is 14.2 Å². The number of fused-ring (bicyclic) bond motifs is 1. The van der Waals surface area contributed by atoms with Crippen LogP contribution in [0.1, 0.15) is 24.9 Å². The van der Waals surface area contributed by atoms with Gasteiger partial charge < -0.3 is 19.5 Å². The Labute approximate surface area is 124 Å². The van der Waals surface area contributed by atoms with Gasteiger partial charge in [0, 0.05) is 12.1 Å². The first-order valence-electron chi connectivity index (χ1n) is 7.15. The lowest BCUT2D eigenvalue weighted by molar-refractivity contribution is 0.174. The summed E-state index contributed by atoms with van der Waals surface area (Å²) in [7, 11) is 1.97. The Morgan fingerprint density at radius 2 is 1.90 bits per heavy atom. The Morgan fingerprint density at radius 3 is 2.71 bits per heavy atom. The molecule has 21 heavy (non-hydrogen) atoms. The van der Waals surface area contributed by atoms with E-state index in [9.17, 15) is 0 Å². The van der Waals surface area contributed by atoms with Gasteiger partial charge in [0.05, 0.1) is 0 Å². The zero-order valence-electron chi connectivity index (χ0n) is 12.3. The second kappa shape index (κ2) is 6.06. The molecule has 3 rings (SSSR count). The topological polar surface area (TPSA) is 39.7 Å². The summed E-state index contributed by atoms with van der Waals surface area (Å²) < 4.78 is 16.6. The molecule has 0 fully saturated rings. The van der Waals surface area contributed by atoms with Crippen LogP contribution in [-0.4, -0.2) is 13.8 Å². The number of hydrogen-bond donors (Lipinski definition) is 1. The van der Waals surface area contributed by atoms with Crippen molar-refractivity contribution < 1.29 is 14.2 Å². The number of nitrogens with one attached hydrogen (secondary N) is 1. The van der Waals surface area contributed by atoms with Gasteiger partial charge in [-0.1, -0.05) is 19.1 Å². The second-order valence-electron chi connectivity index (χ2n) is 4.94. The van der Waals surface area contributed by atoms with Crippen molar-refractivity contribution in [1.82, 2.24) is 5.32 Å². The molecule has 1 aliphatic rings. The predicted octanol–water partition coefficient (Wildman–Crippen LogP) is 3.88. The largest absolute Gasteiger partial charge is 0.457 e. The van der Waals surface area contributed by atoms with E-state index in [1.807, 2.05) is 37.4 Å². The van der Waals surface area contributed by atoms with Gasteiger partial charge in [0.25, 0.3) is 0 Å². The first-order chi connectivity index (χ1) is 10.3. The fourth-order valence-electron chi connectivity index (χ4n) is 2.48. The highest BCUT2D eigenvalue weighted by Crippen LogP contribution is 2.36. The van der Waals surface area contributed by atoms with Gasteiger partial charge in [-0.25, -0.2) is 0 Å². The molecule has 0 spiro atoms. The molecule has 1 heterocycles. The van der Waals surface area contributed by atoms with Crippen molar-refractivity contribution in [2.24, 2.45) is 0 Å². The van der Waals surface area contributed by atoms with Crippen LogP contribution in [0.3, 0.4) is 0 Å². The average molecular weight is 285 g/mol. The molecule has 4 heteroatoms. The molecule has 2 aromatic carbocycles. The summed E-state index contributed by atoms with van der Waals surface area (Å²) in [5, 5.41) is 3.30. The predicted molar refractivity (Wildman–Crippen MR) is 81.2 cm³/mol. The number of benzene rings is 2. The second-order valence-corrected chi connectivity index (χ2v) is 4.94. The molecule has 0 saturated carbocycles. The summed E-state index contributed by atoms with van der Waals surface area (Å²) in [6.45, 7) is 2.43. The minimum Gasteiger partial charge on any atom is -0.457 e. The van der Waals surface area contributed by atoms with E-state index in [-0.39, 0.29) is 6.79 Å². The van der Waals surface area contributed by atoms with E-state index in [1.165, 1.54) is 5.56 Å². The van der Waals surface area contributed by atoms with Crippen molar-refractivity contribution in [3.8, 4) is 23.0 Å². The summed E-state index contributed by atoms with van der Waals surface area (Å²) in [5.74, 6) is 3.05. The maximum atomic E-state index is 5.92. The van der Waals surface area contributed by atoms with Gasteiger partial charge in [-0.15, -0.1) is 0 Å². The number of ether oxygens (including phenoxy) is 3. The van der Waals surface area contributed by atoms with E-state index < -0.39 is 0 Å². The molecule has 0 radical (unpaired) electrons. The summed E-state index contributed by atoms with van der Waals surface area (Å²) in [4.78, 5) is 0. The molecule has 0 amide bonds. The highest BCUT2D eigenvalue weighted by atomic mass is 16.7. The van der Waals surface area contributed by atoms with Crippen LogP contribution < -0.4 is 19.5 Å². The van der Waals surface area contributed by atoms with Crippen molar-refractivity contribution >= 4 is 0 Å². The molecule has 1 N–H and O–H groups in total. The van der Waals surface area contributed by atoms with E-state index >= 15 is 0 Å². The van der Waals surface area contributed by atoms with Crippen LogP contribution >= 0.6 is 0 Å². The zero-order chi connectivity index (χ0) is 14.7. The third kappa shape index (κ3) is 2.95. The summed E-state index contributed by atoms with van der Waals surface area (Å²) in [5.41, 5.74) is 1.22. The molecular formula is C17H19NO3. The minimum absolute atomic E-state index is 0.272. The third-order valence-corrected chi connectivity index (χ3v) is 3.60. The summed E-state index contributed by atoms with van der Waals surface area (Å²) in [6, 6.07) is 14.1. The zero-order valence-corrected chi connectivity index (χ0v) is 12.3. The molecule has 1 unspecified atom stereocenters.